The molecule has 5 heteroatoms. The summed E-state index contributed by atoms with van der Waals surface area (Å²) in [5.41, 5.74) is 0.539. The Labute approximate surface area is 96.9 Å². The van der Waals surface area contributed by atoms with Crippen molar-refractivity contribution in [2.24, 2.45) is 0 Å². The number of hydrogen-bond donors (Lipinski definition) is 0. The summed E-state index contributed by atoms with van der Waals surface area (Å²) in [6.07, 6.45) is 0. The zero-order valence-electron chi connectivity index (χ0n) is 7.97. The average molecular weight is 251 g/mol. The van der Waals surface area contributed by atoms with Gasteiger partial charge in [-0.3, -0.25) is 4.79 Å². The Bertz CT molecular complexity index is 368. The summed E-state index contributed by atoms with van der Waals surface area (Å²) < 4.78 is 16.6. The van der Waals surface area contributed by atoms with Gasteiger partial charge >= 0.3 is 0 Å². The molecule has 0 aliphatic heterocycles. The van der Waals surface area contributed by atoms with E-state index in [1.165, 1.54) is 19.1 Å². The van der Waals surface area contributed by atoms with Gasteiger partial charge in [-0.05, 0) is 24.6 Å². The standard InChI is InChI=1S/C10H9Cl2FO2/c1-6(14)10(12)7-2-3-8(11)9(4-7)15-5-13/h2-4,10H,5H2,1H3. The van der Waals surface area contributed by atoms with E-state index in [4.69, 9.17) is 23.2 Å². The van der Waals surface area contributed by atoms with Crippen LogP contribution in [0.2, 0.25) is 5.02 Å². The molecule has 1 atom stereocenters. The number of rotatable bonds is 4. The minimum atomic E-state index is -0.976. The Morgan fingerprint density at radius 2 is 2.27 bits per heavy atom. The van der Waals surface area contributed by atoms with Gasteiger partial charge in [-0.2, -0.15) is 0 Å². The van der Waals surface area contributed by atoms with Crippen molar-refractivity contribution in [2.75, 3.05) is 6.86 Å². The van der Waals surface area contributed by atoms with Gasteiger partial charge in [0, 0.05) is 0 Å². The van der Waals surface area contributed by atoms with Crippen molar-refractivity contribution >= 4 is 29.0 Å². The zero-order valence-corrected chi connectivity index (χ0v) is 9.48. The number of carbonyl (C=O) groups is 1. The van der Waals surface area contributed by atoms with E-state index < -0.39 is 12.2 Å². The third-order valence-corrected chi connectivity index (χ3v) is 2.69. The summed E-state index contributed by atoms with van der Waals surface area (Å²) in [5, 5.41) is -0.479. The smallest absolute Gasteiger partial charge is 0.228 e. The minimum absolute atomic E-state index is 0.184. The monoisotopic (exact) mass is 250 g/mol. The van der Waals surface area contributed by atoms with Crippen LogP contribution in [0.5, 0.6) is 5.75 Å². The maximum Gasteiger partial charge on any atom is 0.228 e. The fraction of sp³-hybridized carbons (Fsp3) is 0.300. The number of ether oxygens (including phenoxy) is 1. The van der Waals surface area contributed by atoms with Gasteiger partial charge in [0.1, 0.15) is 11.1 Å². The molecule has 0 spiro atoms. The Morgan fingerprint density at radius 3 is 2.80 bits per heavy atom. The second kappa shape index (κ2) is 5.33. The molecule has 0 amide bonds. The van der Waals surface area contributed by atoms with Crippen LogP contribution in [0.15, 0.2) is 18.2 Å². The fourth-order valence-electron chi connectivity index (χ4n) is 1.08. The van der Waals surface area contributed by atoms with E-state index in [0.717, 1.165) is 0 Å². The van der Waals surface area contributed by atoms with Crippen LogP contribution in [-0.4, -0.2) is 12.6 Å². The van der Waals surface area contributed by atoms with Crippen LogP contribution in [0.1, 0.15) is 17.9 Å². The van der Waals surface area contributed by atoms with Gasteiger partial charge in [-0.25, -0.2) is 4.39 Å². The van der Waals surface area contributed by atoms with Gasteiger partial charge in [-0.1, -0.05) is 17.7 Å². The molecule has 2 nitrogen and oxygen atoms in total. The predicted octanol–water partition coefficient (Wildman–Crippen LogP) is 3.51. The van der Waals surface area contributed by atoms with Gasteiger partial charge in [-0.15, -0.1) is 11.6 Å². The largest absolute Gasteiger partial charge is 0.461 e. The lowest BCUT2D eigenvalue weighted by Gasteiger charge is -2.09. The molecule has 1 aromatic carbocycles. The zero-order chi connectivity index (χ0) is 11.4. The molecule has 0 saturated carbocycles. The molecular weight excluding hydrogens is 242 g/mol. The quantitative estimate of drug-likeness (QED) is 0.765. The van der Waals surface area contributed by atoms with E-state index in [9.17, 15) is 9.18 Å². The van der Waals surface area contributed by atoms with Gasteiger partial charge < -0.3 is 4.74 Å². The normalized spacial score (nSPS) is 12.3. The number of ketones is 1. The van der Waals surface area contributed by atoms with Crippen LogP contribution in [-0.2, 0) is 4.79 Å². The summed E-state index contributed by atoms with van der Waals surface area (Å²) in [5.74, 6) is -0.00578. The van der Waals surface area contributed by atoms with Crippen molar-refractivity contribution in [1.82, 2.24) is 0 Å². The fourth-order valence-corrected chi connectivity index (χ4v) is 1.39. The van der Waals surface area contributed by atoms with Crippen molar-refractivity contribution in [3.05, 3.63) is 28.8 Å². The summed E-state index contributed by atoms with van der Waals surface area (Å²) >= 11 is 11.6. The maximum atomic E-state index is 12.0. The van der Waals surface area contributed by atoms with Gasteiger partial charge in [0.15, 0.2) is 5.78 Å². The lowest BCUT2D eigenvalue weighted by Crippen LogP contribution is -2.02. The van der Waals surface area contributed by atoms with Crippen molar-refractivity contribution < 1.29 is 13.9 Å². The number of alkyl halides is 2. The summed E-state index contributed by atoms with van der Waals surface area (Å²) in [6.45, 7) is 0.401. The average Bonchev–Trinajstić information content (AvgIpc) is 2.20. The summed E-state index contributed by atoms with van der Waals surface area (Å²) in [4.78, 5) is 11.0. The molecule has 0 saturated heterocycles. The van der Waals surface area contributed by atoms with Gasteiger partial charge in [0.2, 0.25) is 6.86 Å². The van der Waals surface area contributed by atoms with E-state index in [-0.39, 0.29) is 16.6 Å². The van der Waals surface area contributed by atoms with E-state index in [1.807, 2.05) is 0 Å². The van der Waals surface area contributed by atoms with E-state index >= 15 is 0 Å². The number of halogens is 3. The molecule has 0 aliphatic carbocycles. The van der Waals surface area contributed by atoms with Gasteiger partial charge in [0.25, 0.3) is 0 Å². The van der Waals surface area contributed by atoms with Crippen LogP contribution in [0.3, 0.4) is 0 Å². The van der Waals surface area contributed by atoms with Crippen LogP contribution in [0.4, 0.5) is 4.39 Å². The van der Waals surface area contributed by atoms with Crippen molar-refractivity contribution in [1.29, 1.82) is 0 Å². The molecular formula is C10H9Cl2FO2. The first-order chi connectivity index (χ1) is 7.06. The topological polar surface area (TPSA) is 26.3 Å². The third kappa shape index (κ3) is 3.08. The van der Waals surface area contributed by atoms with Crippen molar-refractivity contribution in [3.63, 3.8) is 0 Å². The second-order valence-corrected chi connectivity index (χ2v) is 3.76. The Morgan fingerprint density at radius 1 is 1.60 bits per heavy atom. The lowest BCUT2D eigenvalue weighted by molar-refractivity contribution is -0.116. The molecule has 1 rings (SSSR count). The molecule has 0 heterocycles. The molecule has 0 bridgehead atoms. The minimum Gasteiger partial charge on any atom is -0.461 e. The highest BCUT2D eigenvalue weighted by atomic mass is 35.5. The highest BCUT2D eigenvalue weighted by molar-refractivity contribution is 6.32. The van der Waals surface area contributed by atoms with Crippen molar-refractivity contribution in [2.45, 2.75) is 12.3 Å². The van der Waals surface area contributed by atoms with Crippen LogP contribution in [0.25, 0.3) is 0 Å². The molecule has 0 aromatic heterocycles. The summed E-state index contributed by atoms with van der Waals surface area (Å²) in [6, 6.07) is 4.58. The molecule has 1 unspecified atom stereocenters. The number of Topliss-reactive ketones (excluding diaryl/α,β-unsaturated/α-hetero) is 1. The van der Waals surface area contributed by atoms with E-state index in [1.54, 1.807) is 6.07 Å². The van der Waals surface area contributed by atoms with Crippen LogP contribution >= 0.6 is 23.2 Å². The molecule has 15 heavy (non-hydrogen) atoms. The molecule has 0 radical (unpaired) electrons. The Kier molecular flexibility index (Phi) is 4.36. The summed E-state index contributed by atoms with van der Waals surface area (Å²) in [7, 11) is 0. The highest BCUT2D eigenvalue weighted by Gasteiger charge is 2.15. The molecule has 82 valence electrons. The molecule has 0 aliphatic rings. The van der Waals surface area contributed by atoms with Gasteiger partial charge in [0.05, 0.1) is 5.02 Å². The Balaban J connectivity index is 3.01. The van der Waals surface area contributed by atoms with Crippen LogP contribution in [0, 0.1) is 0 Å². The highest BCUT2D eigenvalue weighted by Crippen LogP contribution is 2.30. The first-order valence-corrected chi connectivity index (χ1v) is 5.00. The lowest BCUT2D eigenvalue weighted by atomic mass is 10.1. The SMILES string of the molecule is CC(=O)C(Cl)c1ccc(Cl)c(OCF)c1. The Hall–Kier alpha value is -0.800. The number of hydrogen-bond acceptors (Lipinski definition) is 2. The first kappa shape index (κ1) is 12.3. The van der Waals surface area contributed by atoms with Crippen molar-refractivity contribution in [3.8, 4) is 5.75 Å². The number of carbonyl (C=O) groups excluding carboxylic acids is 1. The van der Waals surface area contributed by atoms with E-state index in [2.05, 4.69) is 4.74 Å². The van der Waals surface area contributed by atoms with E-state index in [0.29, 0.717) is 5.56 Å². The van der Waals surface area contributed by atoms with Crippen LogP contribution < -0.4 is 4.74 Å². The molecule has 0 fully saturated rings. The predicted molar refractivity (Wildman–Crippen MR) is 57.3 cm³/mol. The molecule has 0 N–H and O–H groups in total. The maximum absolute atomic E-state index is 12.0. The first-order valence-electron chi connectivity index (χ1n) is 4.19. The number of benzene rings is 1. The second-order valence-electron chi connectivity index (χ2n) is 2.92. The molecule has 1 aromatic rings. The third-order valence-electron chi connectivity index (χ3n) is 1.81.